The summed E-state index contributed by atoms with van der Waals surface area (Å²) in [6, 6.07) is 35.5. The second-order valence-electron chi connectivity index (χ2n) is 9.71. The Bertz CT molecular complexity index is 1970. The van der Waals surface area contributed by atoms with Crippen LogP contribution in [-0.4, -0.2) is 11.3 Å². The molecule has 0 aliphatic carbocycles. The van der Waals surface area contributed by atoms with Crippen LogP contribution in [-0.2, 0) is 0 Å². The second-order valence-corrected chi connectivity index (χ2v) is 9.71. The summed E-state index contributed by atoms with van der Waals surface area (Å²) in [5.41, 5.74) is 7.58. The van der Waals surface area contributed by atoms with Crippen molar-refractivity contribution in [3.8, 4) is 34.8 Å². The SMILES string of the molecule is Cc1ccc2c3ccccc3n(-c3cc4c5c(c3C#N)Oc3ccccc3B5c3ccccc3O4)c2c1. The Kier molecular flexibility index (Phi) is 3.99. The van der Waals surface area contributed by atoms with Crippen LogP contribution in [0.5, 0.6) is 23.0 Å². The molecule has 1 aromatic heterocycles. The van der Waals surface area contributed by atoms with Crippen LogP contribution in [0.3, 0.4) is 0 Å². The van der Waals surface area contributed by atoms with E-state index < -0.39 is 0 Å². The van der Waals surface area contributed by atoms with E-state index in [-0.39, 0.29) is 6.71 Å². The number of hydrogen-bond acceptors (Lipinski definition) is 3. The smallest absolute Gasteiger partial charge is 0.260 e. The summed E-state index contributed by atoms with van der Waals surface area (Å²) in [6.45, 7) is 2.02. The molecule has 2 aliphatic rings. The second kappa shape index (κ2) is 7.28. The lowest BCUT2D eigenvalue weighted by Crippen LogP contribution is -2.57. The van der Waals surface area contributed by atoms with Crippen LogP contribution in [0.25, 0.3) is 27.5 Å². The van der Waals surface area contributed by atoms with Gasteiger partial charge in [-0.05, 0) is 47.7 Å². The van der Waals surface area contributed by atoms with Gasteiger partial charge in [0.1, 0.15) is 34.6 Å². The van der Waals surface area contributed by atoms with Gasteiger partial charge >= 0.3 is 0 Å². The first-order chi connectivity index (χ1) is 18.2. The van der Waals surface area contributed by atoms with E-state index in [1.807, 2.05) is 48.5 Å². The lowest BCUT2D eigenvalue weighted by Gasteiger charge is -2.34. The molecule has 0 saturated carbocycles. The molecular formula is C32H19BN2O2. The number of aryl methyl sites for hydroxylation is 1. The molecule has 0 N–H and O–H groups in total. The van der Waals surface area contributed by atoms with Gasteiger partial charge in [-0.15, -0.1) is 0 Å². The zero-order valence-electron chi connectivity index (χ0n) is 20.0. The molecule has 0 fully saturated rings. The van der Waals surface area contributed by atoms with Crippen LogP contribution >= 0.6 is 0 Å². The molecule has 2 aliphatic heterocycles. The van der Waals surface area contributed by atoms with Gasteiger partial charge in [-0.25, -0.2) is 0 Å². The Balaban J connectivity index is 1.51. The van der Waals surface area contributed by atoms with Crippen molar-refractivity contribution < 1.29 is 9.47 Å². The summed E-state index contributed by atoms with van der Waals surface area (Å²) < 4.78 is 15.2. The van der Waals surface area contributed by atoms with Crippen LogP contribution in [0.1, 0.15) is 11.1 Å². The Hall–Kier alpha value is -4.95. The monoisotopic (exact) mass is 474 g/mol. The summed E-state index contributed by atoms with van der Waals surface area (Å²) in [5.74, 6) is 2.90. The minimum absolute atomic E-state index is 0.0681. The number of nitrogens with zero attached hydrogens (tertiary/aromatic N) is 2. The zero-order valence-corrected chi connectivity index (χ0v) is 20.0. The van der Waals surface area contributed by atoms with Crippen molar-refractivity contribution in [3.63, 3.8) is 0 Å². The van der Waals surface area contributed by atoms with Gasteiger partial charge < -0.3 is 14.0 Å². The average Bonchev–Trinajstić information content (AvgIpc) is 3.25. The number of nitriles is 1. The van der Waals surface area contributed by atoms with Gasteiger partial charge in [0.25, 0.3) is 6.71 Å². The van der Waals surface area contributed by atoms with E-state index in [4.69, 9.17) is 9.47 Å². The highest BCUT2D eigenvalue weighted by Gasteiger charge is 2.42. The van der Waals surface area contributed by atoms with E-state index in [0.29, 0.717) is 11.3 Å². The molecule has 0 atom stereocenters. The number of aromatic nitrogens is 1. The minimum atomic E-state index is -0.0681. The molecule has 172 valence electrons. The molecular weight excluding hydrogens is 455 g/mol. The molecule has 5 aromatic carbocycles. The van der Waals surface area contributed by atoms with Crippen LogP contribution in [0.2, 0.25) is 0 Å². The maximum absolute atomic E-state index is 10.6. The Morgan fingerprint density at radius 2 is 1.38 bits per heavy atom. The first-order valence-electron chi connectivity index (χ1n) is 12.4. The van der Waals surface area contributed by atoms with E-state index in [1.165, 1.54) is 0 Å². The van der Waals surface area contributed by atoms with Crippen LogP contribution in [0.15, 0.2) is 97.1 Å². The van der Waals surface area contributed by atoms with E-state index in [2.05, 4.69) is 66.1 Å². The number of rotatable bonds is 1. The number of fused-ring (bicyclic) bond motifs is 7. The zero-order chi connectivity index (χ0) is 24.7. The van der Waals surface area contributed by atoms with Crippen molar-refractivity contribution in [1.82, 2.24) is 4.57 Å². The highest BCUT2D eigenvalue weighted by molar-refractivity contribution is 6.98. The third-order valence-electron chi connectivity index (χ3n) is 7.62. The fourth-order valence-electron chi connectivity index (χ4n) is 6.06. The van der Waals surface area contributed by atoms with Gasteiger partial charge in [-0.2, -0.15) is 5.26 Å². The van der Waals surface area contributed by atoms with E-state index in [0.717, 1.165) is 66.7 Å². The van der Waals surface area contributed by atoms with E-state index >= 15 is 0 Å². The topological polar surface area (TPSA) is 47.2 Å². The molecule has 0 amide bonds. The molecule has 6 aromatic rings. The maximum Gasteiger partial charge on any atom is 0.260 e. The average molecular weight is 474 g/mol. The predicted octanol–water partition coefficient (Wildman–Crippen LogP) is 5.69. The van der Waals surface area contributed by atoms with Crippen molar-refractivity contribution in [2.24, 2.45) is 0 Å². The van der Waals surface area contributed by atoms with E-state index in [1.54, 1.807) is 0 Å². The molecule has 8 rings (SSSR count). The van der Waals surface area contributed by atoms with Gasteiger partial charge in [0.2, 0.25) is 0 Å². The summed E-state index contributed by atoms with van der Waals surface area (Å²) >= 11 is 0. The molecule has 4 nitrogen and oxygen atoms in total. The lowest BCUT2D eigenvalue weighted by molar-refractivity contribution is 0.463. The van der Waals surface area contributed by atoms with Crippen LogP contribution < -0.4 is 25.9 Å². The Morgan fingerprint density at radius 3 is 2.16 bits per heavy atom. The number of benzene rings is 5. The van der Waals surface area contributed by atoms with Gasteiger partial charge in [0.05, 0.1) is 16.7 Å². The standard InChI is InChI=1S/C32H19BN2O2/c1-19-14-15-21-20-8-2-5-11-25(20)35(26(21)16-19)27-17-30-31-32(22(27)18-34)37-29-13-7-4-10-24(29)33(31)23-9-3-6-12-28(23)36-30/h2-17H,1H3. The fraction of sp³-hybridized carbons (Fsp3) is 0.0312. The largest absolute Gasteiger partial charge is 0.458 e. The molecule has 0 saturated heterocycles. The molecule has 0 unspecified atom stereocenters. The summed E-state index contributed by atoms with van der Waals surface area (Å²) in [6.07, 6.45) is 0. The highest BCUT2D eigenvalue weighted by Crippen LogP contribution is 2.42. The van der Waals surface area contributed by atoms with Crippen LogP contribution in [0.4, 0.5) is 0 Å². The molecule has 3 heterocycles. The number of ether oxygens (including phenoxy) is 2. The van der Waals surface area contributed by atoms with Crippen molar-refractivity contribution in [2.75, 3.05) is 0 Å². The van der Waals surface area contributed by atoms with Crippen molar-refractivity contribution in [3.05, 3.63) is 108 Å². The quantitative estimate of drug-likeness (QED) is 0.287. The molecule has 37 heavy (non-hydrogen) atoms. The molecule has 5 heteroatoms. The third kappa shape index (κ3) is 2.67. The first-order valence-corrected chi connectivity index (χ1v) is 12.4. The highest BCUT2D eigenvalue weighted by atomic mass is 16.5. The molecule has 0 radical (unpaired) electrons. The van der Waals surface area contributed by atoms with Gasteiger partial charge in [-0.3, -0.25) is 0 Å². The number of hydrogen-bond donors (Lipinski definition) is 0. The summed E-state index contributed by atoms with van der Waals surface area (Å²) in [4.78, 5) is 0. The molecule has 0 spiro atoms. The Labute approximate surface area is 214 Å². The van der Waals surface area contributed by atoms with Gasteiger partial charge in [0, 0.05) is 22.3 Å². The maximum atomic E-state index is 10.6. The normalized spacial score (nSPS) is 12.8. The predicted molar refractivity (Wildman–Crippen MR) is 148 cm³/mol. The minimum Gasteiger partial charge on any atom is -0.458 e. The van der Waals surface area contributed by atoms with Crippen molar-refractivity contribution >= 4 is 44.9 Å². The third-order valence-corrected chi connectivity index (χ3v) is 7.62. The van der Waals surface area contributed by atoms with Crippen molar-refractivity contribution in [2.45, 2.75) is 6.92 Å². The number of para-hydroxylation sites is 3. The van der Waals surface area contributed by atoms with Gasteiger partial charge in [0.15, 0.2) is 0 Å². The summed E-state index contributed by atoms with van der Waals surface area (Å²) in [5, 5.41) is 12.9. The fourth-order valence-corrected chi connectivity index (χ4v) is 6.06. The van der Waals surface area contributed by atoms with Crippen molar-refractivity contribution in [1.29, 1.82) is 5.26 Å². The van der Waals surface area contributed by atoms with Crippen LogP contribution in [0, 0.1) is 18.3 Å². The summed E-state index contributed by atoms with van der Waals surface area (Å²) in [7, 11) is 0. The first kappa shape index (κ1) is 20.3. The van der Waals surface area contributed by atoms with E-state index in [9.17, 15) is 5.26 Å². The lowest BCUT2D eigenvalue weighted by atomic mass is 9.34. The van der Waals surface area contributed by atoms with Gasteiger partial charge in [-0.1, -0.05) is 66.7 Å². The Morgan fingerprint density at radius 1 is 0.703 bits per heavy atom. The molecule has 0 bridgehead atoms.